The van der Waals surface area contributed by atoms with Crippen molar-refractivity contribution in [1.82, 2.24) is 0 Å². The molecule has 6 heteroatoms. The molecule has 1 amide bonds. The third-order valence-electron chi connectivity index (χ3n) is 2.71. The predicted octanol–water partition coefficient (Wildman–Crippen LogP) is 2.86. The molecule has 1 rings (SSSR count). The minimum atomic E-state index is 0. The fourth-order valence-corrected chi connectivity index (χ4v) is 1.78. The maximum atomic E-state index is 11.9. The number of amides is 1. The van der Waals surface area contributed by atoms with Crippen molar-refractivity contribution in [2.75, 3.05) is 19.1 Å². The molecule has 0 saturated heterocycles. The second kappa shape index (κ2) is 8.25. The number of carbonyl (C=O) groups excluding carboxylic acids is 1. The van der Waals surface area contributed by atoms with Crippen molar-refractivity contribution < 1.29 is 9.53 Å². The first kappa shape index (κ1) is 18.0. The van der Waals surface area contributed by atoms with Crippen LogP contribution in [0.4, 0.5) is 5.69 Å². The summed E-state index contributed by atoms with van der Waals surface area (Å²) >= 11 is 6.02. The van der Waals surface area contributed by atoms with Crippen LogP contribution < -0.4 is 15.4 Å². The van der Waals surface area contributed by atoms with Crippen molar-refractivity contribution in [2.24, 2.45) is 5.73 Å². The third kappa shape index (κ3) is 5.27. The normalized spacial score (nSPS) is 11.4. The molecule has 0 spiro atoms. The molecule has 0 fully saturated rings. The molecule has 0 aliphatic rings. The highest BCUT2D eigenvalue weighted by Gasteiger charge is 2.13. The largest absolute Gasteiger partial charge is 0.495 e. The van der Waals surface area contributed by atoms with Crippen molar-refractivity contribution in [1.29, 1.82) is 0 Å². The Morgan fingerprint density at radius 2 is 2.16 bits per heavy atom. The number of anilines is 1. The van der Waals surface area contributed by atoms with Gasteiger partial charge < -0.3 is 15.4 Å². The Balaban J connectivity index is 0.00000324. The first-order valence-corrected chi connectivity index (χ1v) is 6.19. The van der Waals surface area contributed by atoms with Crippen LogP contribution in [0, 0.1) is 0 Å². The highest BCUT2D eigenvalue weighted by atomic mass is 35.5. The van der Waals surface area contributed by atoms with Gasteiger partial charge in [-0.3, -0.25) is 4.79 Å². The topological polar surface area (TPSA) is 55.6 Å². The number of ether oxygens (including phenoxy) is 1. The molecule has 0 heterocycles. The summed E-state index contributed by atoms with van der Waals surface area (Å²) in [5, 5.41) is 0.488. The van der Waals surface area contributed by atoms with Crippen LogP contribution in [0.15, 0.2) is 18.2 Å². The van der Waals surface area contributed by atoms with Gasteiger partial charge in [-0.15, -0.1) is 12.4 Å². The van der Waals surface area contributed by atoms with Gasteiger partial charge in [-0.1, -0.05) is 11.6 Å². The SMILES string of the molecule is COc1ccc(N(C)C(=O)CCC(C)N)cc1Cl.Cl. The maximum Gasteiger partial charge on any atom is 0.226 e. The molecular formula is C13H20Cl2N2O2. The van der Waals surface area contributed by atoms with Gasteiger partial charge in [0.05, 0.1) is 12.1 Å². The number of hydrogen-bond acceptors (Lipinski definition) is 3. The fraction of sp³-hybridized carbons (Fsp3) is 0.462. The van der Waals surface area contributed by atoms with Gasteiger partial charge in [-0.2, -0.15) is 0 Å². The molecule has 108 valence electrons. The van der Waals surface area contributed by atoms with Gasteiger partial charge in [0.2, 0.25) is 5.91 Å². The standard InChI is InChI=1S/C13H19ClN2O2.ClH/c1-9(15)4-7-13(17)16(2)10-5-6-12(18-3)11(14)8-10;/h5-6,8-9H,4,7,15H2,1-3H3;1H. The minimum Gasteiger partial charge on any atom is -0.495 e. The Morgan fingerprint density at radius 1 is 1.53 bits per heavy atom. The van der Waals surface area contributed by atoms with Crippen LogP contribution in [0.1, 0.15) is 19.8 Å². The van der Waals surface area contributed by atoms with E-state index in [0.29, 0.717) is 23.6 Å². The van der Waals surface area contributed by atoms with Crippen LogP contribution in [0.3, 0.4) is 0 Å². The molecule has 0 aliphatic heterocycles. The molecule has 0 saturated carbocycles. The molecule has 1 atom stereocenters. The molecule has 0 radical (unpaired) electrons. The predicted molar refractivity (Wildman–Crippen MR) is 81.5 cm³/mol. The van der Waals surface area contributed by atoms with E-state index in [1.807, 2.05) is 6.92 Å². The number of carbonyl (C=O) groups is 1. The summed E-state index contributed by atoms with van der Waals surface area (Å²) in [7, 11) is 3.28. The molecule has 0 bridgehead atoms. The first-order valence-electron chi connectivity index (χ1n) is 5.81. The van der Waals surface area contributed by atoms with Gasteiger partial charge in [0.15, 0.2) is 0 Å². The van der Waals surface area contributed by atoms with Crippen molar-refractivity contribution in [3.05, 3.63) is 23.2 Å². The molecule has 4 nitrogen and oxygen atoms in total. The van der Waals surface area contributed by atoms with Crippen molar-refractivity contribution in [3.8, 4) is 5.75 Å². The second-order valence-electron chi connectivity index (χ2n) is 4.29. The molecular weight excluding hydrogens is 287 g/mol. The third-order valence-corrected chi connectivity index (χ3v) is 3.01. The van der Waals surface area contributed by atoms with E-state index in [1.54, 1.807) is 37.3 Å². The first-order chi connectivity index (χ1) is 8.45. The van der Waals surface area contributed by atoms with Crippen molar-refractivity contribution >= 4 is 35.6 Å². The zero-order valence-corrected chi connectivity index (χ0v) is 12.9. The van der Waals surface area contributed by atoms with Gasteiger partial charge in [0.25, 0.3) is 0 Å². The molecule has 1 aromatic rings. The molecule has 0 aliphatic carbocycles. The fourth-order valence-electron chi connectivity index (χ4n) is 1.53. The number of rotatable bonds is 5. The highest BCUT2D eigenvalue weighted by molar-refractivity contribution is 6.32. The summed E-state index contributed by atoms with van der Waals surface area (Å²) in [5.41, 5.74) is 6.38. The molecule has 19 heavy (non-hydrogen) atoms. The van der Waals surface area contributed by atoms with E-state index in [-0.39, 0.29) is 24.4 Å². The van der Waals surface area contributed by atoms with Gasteiger partial charge in [-0.05, 0) is 31.5 Å². The van der Waals surface area contributed by atoms with Gasteiger partial charge >= 0.3 is 0 Å². The van der Waals surface area contributed by atoms with Crippen LogP contribution in [-0.4, -0.2) is 26.1 Å². The van der Waals surface area contributed by atoms with Crippen LogP contribution >= 0.6 is 24.0 Å². The number of nitrogens with two attached hydrogens (primary N) is 1. The zero-order chi connectivity index (χ0) is 13.7. The smallest absolute Gasteiger partial charge is 0.226 e. The zero-order valence-electron chi connectivity index (χ0n) is 11.4. The van der Waals surface area contributed by atoms with Gasteiger partial charge in [0, 0.05) is 25.2 Å². The van der Waals surface area contributed by atoms with E-state index in [9.17, 15) is 4.79 Å². The summed E-state index contributed by atoms with van der Waals surface area (Å²) in [6.07, 6.45) is 1.10. The van der Waals surface area contributed by atoms with Crippen LogP contribution in [0.25, 0.3) is 0 Å². The summed E-state index contributed by atoms with van der Waals surface area (Å²) in [6.45, 7) is 1.89. The van der Waals surface area contributed by atoms with Crippen LogP contribution in [0.5, 0.6) is 5.75 Å². The lowest BCUT2D eigenvalue weighted by Gasteiger charge is -2.18. The van der Waals surface area contributed by atoms with Crippen molar-refractivity contribution in [2.45, 2.75) is 25.8 Å². The molecule has 0 aromatic heterocycles. The Hall–Kier alpha value is -0.970. The highest BCUT2D eigenvalue weighted by Crippen LogP contribution is 2.28. The second-order valence-corrected chi connectivity index (χ2v) is 4.69. The molecule has 1 aromatic carbocycles. The monoisotopic (exact) mass is 306 g/mol. The Morgan fingerprint density at radius 3 is 2.63 bits per heavy atom. The molecule has 2 N–H and O–H groups in total. The summed E-state index contributed by atoms with van der Waals surface area (Å²) in [6, 6.07) is 5.29. The van der Waals surface area contributed by atoms with Crippen LogP contribution in [-0.2, 0) is 4.79 Å². The maximum absolute atomic E-state index is 11.9. The van der Waals surface area contributed by atoms with Gasteiger partial charge in [0.1, 0.15) is 5.75 Å². The lowest BCUT2D eigenvalue weighted by molar-refractivity contribution is -0.118. The Kier molecular flexibility index (Phi) is 7.83. The average molecular weight is 307 g/mol. The Bertz CT molecular complexity index is 425. The minimum absolute atomic E-state index is 0. The van der Waals surface area contributed by atoms with Crippen molar-refractivity contribution in [3.63, 3.8) is 0 Å². The lowest BCUT2D eigenvalue weighted by Crippen LogP contribution is -2.28. The summed E-state index contributed by atoms with van der Waals surface area (Å²) < 4.78 is 5.07. The molecule has 1 unspecified atom stereocenters. The van der Waals surface area contributed by atoms with E-state index in [4.69, 9.17) is 22.1 Å². The Labute approximate surface area is 125 Å². The van der Waals surface area contributed by atoms with Gasteiger partial charge in [-0.25, -0.2) is 0 Å². The number of halogens is 2. The summed E-state index contributed by atoms with van der Waals surface area (Å²) in [4.78, 5) is 13.5. The van der Waals surface area contributed by atoms with E-state index < -0.39 is 0 Å². The van der Waals surface area contributed by atoms with E-state index in [1.165, 1.54) is 0 Å². The van der Waals surface area contributed by atoms with Crippen LogP contribution in [0.2, 0.25) is 5.02 Å². The van der Waals surface area contributed by atoms with E-state index in [2.05, 4.69) is 0 Å². The number of methoxy groups -OCH3 is 1. The average Bonchev–Trinajstić information content (AvgIpc) is 2.34. The lowest BCUT2D eigenvalue weighted by atomic mass is 10.2. The van der Waals surface area contributed by atoms with E-state index >= 15 is 0 Å². The number of benzene rings is 1. The van der Waals surface area contributed by atoms with E-state index in [0.717, 1.165) is 5.69 Å². The number of nitrogens with zero attached hydrogens (tertiary/aromatic N) is 1. The summed E-state index contributed by atoms with van der Waals surface area (Å²) in [5.74, 6) is 0.616. The number of hydrogen-bond donors (Lipinski definition) is 1. The quantitative estimate of drug-likeness (QED) is 0.910.